The van der Waals surface area contributed by atoms with Gasteiger partial charge in [-0.3, -0.25) is 9.59 Å². The number of pyridine rings is 1. The van der Waals surface area contributed by atoms with Gasteiger partial charge in [0, 0.05) is 20.1 Å². The van der Waals surface area contributed by atoms with Crippen LogP contribution in [0.15, 0.2) is 35.1 Å². The van der Waals surface area contributed by atoms with Crippen molar-refractivity contribution < 1.29 is 4.79 Å². The van der Waals surface area contributed by atoms with Gasteiger partial charge in [0.25, 0.3) is 11.5 Å². The monoisotopic (exact) mass is 282 g/mol. The number of carbonyl (C=O) groups is 1. The first-order valence-electron chi connectivity index (χ1n) is 7.38. The van der Waals surface area contributed by atoms with Gasteiger partial charge in [0.05, 0.1) is 5.52 Å². The van der Waals surface area contributed by atoms with E-state index in [1.54, 1.807) is 17.7 Å². The second-order valence-electron chi connectivity index (χ2n) is 6.72. The summed E-state index contributed by atoms with van der Waals surface area (Å²) in [5, 5.41) is 0.929. The molecule has 0 bridgehead atoms. The van der Waals surface area contributed by atoms with Gasteiger partial charge in [0.15, 0.2) is 0 Å². The van der Waals surface area contributed by atoms with Crippen LogP contribution < -0.4 is 5.56 Å². The van der Waals surface area contributed by atoms with Crippen molar-refractivity contribution in [2.45, 2.75) is 13.3 Å². The minimum absolute atomic E-state index is 0.116. The Hall–Kier alpha value is -2.10. The minimum Gasteiger partial charge on any atom is -0.338 e. The molecule has 2 aliphatic rings. The van der Waals surface area contributed by atoms with Crippen molar-refractivity contribution in [2.24, 2.45) is 18.4 Å². The second-order valence-corrected chi connectivity index (χ2v) is 6.72. The molecule has 1 aliphatic carbocycles. The normalized spacial score (nSPS) is 27.0. The molecule has 2 heterocycles. The Morgan fingerprint density at radius 2 is 2.10 bits per heavy atom. The number of aromatic nitrogens is 1. The molecule has 0 radical (unpaired) electrons. The van der Waals surface area contributed by atoms with Crippen LogP contribution in [-0.4, -0.2) is 28.5 Å². The van der Waals surface area contributed by atoms with E-state index in [1.807, 2.05) is 29.2 Å². The number of benzene rings is 1. The number of amides is 1. The van der Waals surface area contributed by atoms with Crippen molar-refractivity contribution in [3.05, 3.63) is 46.2 Å². The van der Waals surface area contributed by atoms with Crippen LogP contribution in [-0.2, 0) is 7.05 Å². The second kappa shape index (κ2) is 3.97. The zero-order chi connectivity index (χ0) is 14.8. The summed E-state index contributed by atoms with van der Waals surface area (Å²) in [7, 11) is 1.73. The van der Waals surface area contributed by atoms with E-state index in [-0.39, 0.29) is 11.5 Å². The number of aryl methyl sites for hydroxylation is 1. The number of nitrogens with zero attached hydrogens (tertiary/aromatic N) is 2. The number of piperidine rings is 1. The first kappa shape index (κ1) is 12.6. The topological polar surface area (TPSA) is 42.3 Å². The van der Waals surface area contributed by atoms with E-state index in [1.165, 1.54) is 6.42 Å². The number of rotatable bonds is 1. The van der Waals surface area contributed by atoms with Crippen LogP contribution in [0.3, 0.4) is 0 Å². The number of para-hydroxylation sites is 1. The number of hydrogen-bond donors (Lipinski definition) is 0. The Labute approximate surface area is 123 Å². The van der Waals surface area contributed by atoms with E-state index in [0.717, 1.165) is 24.0 Å². The Kier molecular flexibility index (Phi) is 2.39. The van der Waals surface area contributed by atoms with Crippen molar-refractivity contribution in [1.29, 1.82) is 0 Å². The zero-order valence-electron chi connectivity index (χ0n) is 12.3. The Morgan fingerprint density at radius 3 is 2.81 bits per heavy atom. The highest BCUT2D eigenvalue weighted by molar-refractivity contribution is 5.97. The lowest BCUT2D eigenvalue weighted by atomic mass is 10.1. The van der Waals surface area contributed by atoms with Crippen molar-refractivity contribution in [1.82, 2.24) is 9.47 Å². The maximum atomic E-state index is 12.7. The lowest BCUT2D eigenvalue weighted by molar-refractivity contribution is 0.0764. The molecule has 1 aliphatic heterocycles. The van der Waals surface area contributed by atoms with Gasteiger partial charge in [0.1, 0.15) is 5.56 Å². The highest BCUT2D eigenvalue weighted by atomic mass is 16.2. The molecule has 1 aromatic carbocycles. The summed E-state index contributed by atoms with van der Waals surface area (Å²) in [6.07, 6.45) is 1.21. The van der Waals surface area contributed by atoms with Crippen LogP contribution in [0.25, 0.3) is 10.9 Å². The van der Waals surface area contributed by atoms with Crippen LogP contribution in [0.2, 0.25) is 0 Å². The van der Waals surface area contributed by atoms with E-state index in [0.29, 0.717) is 16.9 Å². The lowest BCUT2D eigenvalue weighted by Crippen LogP contribution is -2.36. The van der Waals surface area contributed by atoms with Gasteiger partial charge in [-0.2, -0.15) is 0 Å². The SMILES string of the molecule is Cn1c(=O)c(C(=O)N2CC3CC3(C)C2)cc2ccccc21. The minimum atomic E-state index is -0.204. The molecule has 4 nitrogen and oxygen atoms in total. The molecule has 0 N–H and O–H groups in total. The van der Waals surface area contributed by atoms with E-state index in [9.17, 15) is 9.59 Å². The molecule has 2 aromatic rings. The summed E-state index contributed by atoms with van der Waals surface area (Å²) in [5.74, 6) is 0.514. The third-order valence-corrected chi connectivity index (χ3v) is 5.18. The fourth-order valence-corrected chi connectivity index (χ4v) is 3.65. The first-order chi connectivity index (χ1) is 9.99. The van der Waals surface area contributed by atoms with Crippen LogP contribution >= 0.6 is 0 Å². The molecular formula is C17H18N2O2. The third kappa shape index (κ3) is 1.75. The fourth-order valence-electron chi connectivity index (χ4n) is 3.65. The summed E-state index contributed by atoms with van der Waals surface area (Å²) < 4.78 is 1.57. The molecule has 0 spiro atoms. The summed E-state index contributed by atoms with van der Waals surface area (Å²) in [5.41, 5.74) is 1.25. The molecule has 2 unspecified atom stereocenters. The van der Waals surface area contributed by atoms with Gasteiger partial charge in [-0.1, -0.05) is 25.1 Å². The molecule has 108 valence electrons. The van der Waals surface area contributed by atoms with Gasteiger partial charge in [-0.05, 0) is 35.3 Å². The fraction of sp³-hybridized carbons (Fsp3) is 0.412. The maximum absolute atomic E-state index is 12.7. The zero-order valence-corrected chi connectivity index (χ0v) is 12.3. The average molecular weight is 282 g/mol. The predicted molar refractivity (Wildman–Crippen MR) is 81.3 cm³/mol. The number of hydrogen-bond acceptors (Lipinski definition) is 2. The van der Waals surface area contributed by atoms with Crippen molar-refractivity contribution in [3.63, 3.8) is 0 Å². The van der Waals surface area contributed by atoms with Crippen LogP contribution in [0.4, 0.5) is 0 Å². The third-order valence-electron chi connectivity index (χ3n) is 5.18. The smallest absolute Gasteiger partial charge is 0.263 e. The standard InChI is InChI=1S/C17H18N2O2/c1-17-8-12(17)9-19(10-17)16(21)13-7-11-5-3-4-6-14(11)18(2)15(13)20/h3-7,12H,8-10H2,1-2H3. The molecule has 1 saturated carbocycles. The van der Waals surface area contributed by atoms with E-state index in [4.69, 9.17) is 0 Å². The summed E-state index contributed by atoms with van der Waals surface area (Å²) >= 11 is 0. The molecule has 21 heavy (non-hydrogen) atoms. The van der Waals surface area contributed by atoms with Gasteiger partial charge < -0.3 is 9.47 Å². The molecule has 2 fully saturated rings. The van der Waals surface area contributed by atoms with Crippen molar-refractivity contribution >= 4 is 16.8 Å². The summed E-state index contributed by atoms with van der Waals surface area (Å²) in [4.78, 5) is 27.0. The van der Waals surface area contributed by atoms with E-state index < -0.39 is 0 Å². The quantitative estimate of drug-likeness (QED) is 0.803. The molecule has 1 aromatic heterocycles. The van der Waals surface area contributed by atoms with Crippen molar-refractivity contribution in [3.8, 4) is 0 Å². The highest BCUT2D eigenvalue weighted by Crippen LogP contribution is 2.57. The number of carbonyl (C=O) groups excluding carboxylic acids is 1. The lowest BCUT2D eigenvalue weighted by Gasteiger charge is -2.20. The largest absolute Gasteiger partial charge is 0.338 e. The summed E-state index contributed by atoms with van der Waals surface area (Å²) in [6, 6.07) is 9.41. The van der Waals surface area contributed by atoms with Crippen LogP contribution in [0, 0.1) is 11.3 Å². The van der Waals surface area contributed by atoms with Crippen LogP contribution in [0.1, 0.15) is 23.7 Å². The van der Waals surface area contributed by atoms with Gasteiger partial charge in [-0.15, -0.1) is 0 Å². The Balaban J connectivity index is 1.78. The first-order valence-corrected chi connectivity index (χ1v) is 7.38. The van der Waals surface area contributed by atoms with Gasteiger partial charge >= 0.3 is 0 Å². The highest BCUT2D eigenvalue weighted by Gasteiger charge is 2.57. The van der Waals surface area contributed by atoms with E-state index >= 15 is 0 Å². The molecule has 2 atom stereocenters. The maximum Gasteiger partial charge on any atom is 0.263 e. The summed E-state index contributed by atoms with van der Waals surface area (Å²) in [6.45, 7) is 3.81. The Bertz CT molecular complexity index is 823. The molecule has 1 saturated heterocycles. The average Bonchev–Trinajstić information content (AvgIpc) is 2.99. The number of likely N-dealkylation sites (tertiary alicyclic amines) is 1. The molecule has 4 rings (SSSR count). The Morgan fingerprint density at radius 1 is 1.33 bits per heavy atom. The van der Waals surface area contributed by atoms with Crippen LogP contribution in [0.5, 0.6) is 0 Å². The number of fused-ring (bicyclic) bond motifs is 2. The molecular weight excluding hydrogens is 264 g/mol. The molecule has 1 amide bonds. The molecule has 4 heteroatoms. The van der Waals surface area contributed by atoms with Gasteiger partial charge in [-0.25, -0.2) is 0 Å². The van der Waals surface area contributed by atoms with E-state index in [2.05, 4.69) is 6.92 Å². The van der Waals surface area contributed by atoms with Crippen molar-refractivity contribution in [2.75, 3.05) is 13.1 Å². The van der Waals surface area contributed by atoms with Gasteiger partial charge in [0.2, 0.25) is 0 Å². The predicted octanol–water partition coefficient (Wildman–Crippen LogP) is 2.02.